The Hall–Kier alpha value is -1.90. The van der Waals surface area contributed by atoms with Gasteiger partial charge < -0.3 is 5.11 Å². The topological polar surface area (TPSA) is 46.0 Å². The molecule has 0 atom stereocenters. The van der Waals surface area contributed by atoms with Crippen molar-refractivity contribution in [2.75, 3.05) is 0 Å². The Morgan fingerprint density at radius 2 is 1.48 bits per heavy atom. The number of nitrogens with zero attached hydrogens (tertiary/aromatic N) is 2. The first kappa shape index (κ1) is 19.9. The lowest BCUT2D eigenvalue weighted by atomic mass is 9.77. The molecule has 27 heavy (non-hydrogen) atoms. The Kier molecular flexibility index (Phi) is 7.67. The molecule has 1 aromatic carbocycles. The summed E-state index contributed by atoms with van der Waals surface area (Å²) in [5.41, 5.74) is 2.46. The zero-order valence-corrected chi connectivity index (χ0v) is 16.7. The van der Waals surface area contributed by atoms with Crippen molar-refractivity contribution in [2.45, 2.75) is 83.5 Å². The van der Waals surface area contributed by atoms with Crippen molar-refractivity contribution in [3.8, 4) is 17.1 Å². The van der Waals surface area contributed by atoms with Gasteiger partial charge in [0.2, 0.25) is 0 Å². The lowest BCUT2D eigenvalue weighted by Crippen LogP contribution is -2.13. The Morgan fingerprint density at radius 3 is 2.15 bits per heavy atom. The van der Waals surface area contributed by atoms with Crippen molar-refractivity contribution < 1.29 is 5.11 Å². The SMILES string of the molecule is CCCCCCCCC1CCC(c2ccc(-c3ncc(O)cn3)cc2)CC1. The fraction of sp³-hybridized carbons (Fsp3) is 0.583. The van der Waals surface area contributed by atoms with Crippen LogP contribution in [0.15, 0.2) is 36.7 Å². The smallest absolute Gasteiger partial charge is 0.159 e. The predicted molar refractivity (Wildman–Crippen MR) is 112 cm³/mol. The fourth-order valence-corrected chi connectivity index (χ4v) is 4.37. The van der Waals surface area contributed by atoms with Crippen LogP contribution in [0, 0.1) is 5.92 Å². The molecule has 3 rings (SSSR count). The first-order valence-corrected chi connectivity index (χ1v) is 10.9. The van der Waals surface area contributed by atoms with Gasteiger partial charge in [0, 0.05) is 5.56 Å². The molecule has 1 heterocycles. The maximum Gasteiger partial charge on any atom is 0.159 e. The average molecular weight is 367 g/mol. The monoisotopic (exact) mass is 366 g/mol. The van der Waals surface area contributed by atoms with Gasteiger partial charge in [0.15, 0.2) is 11.6 Å². The molecule has 0 spiro atoms. The van der Waals surface area contributed by atoms with E-state index in [2.05, 4.69) is 41.2 Å². The normalized spacial score (nSPS) is 19.9. The molecule has 1 aromatic heterocycles. The summed E-state index contributed by atoms with van der Waals surface area (Å²) in [6.07, 6.45) is 18.2. The molecule has 2 aromatic rings. The van der Waals surface area contributed by atoms with E-state index in [1.807, 2.05) is 0 Å². The first-order valence-electron chi connectivity index (χ1n) is 10.9. The number of rotatable bonds is 9. The molecule has 0 unspecified atom stereocenters. The molecule has 0 aliphatic heterocycles. The highest BCUT2D eigenvalue weighted by atomic mass is 16.3. The van der Waals surface area contributed by atoms with Crippen LogP contribution in [0.2, 0.25) is 0 Å². The van der Waals surface area contributed by atoms with Crippen molar-refractivity contribution >= 4 is 0 Å². The molecule has 146 valence electrons. The van der Waals surface area contributed by atoms with Gasteiger partial charge in [-0.05, 0) is 43.1 Å². The average Bonchev–Trinajstić information content (AvgIpc) is 2.72. The molecule has 0 bridgehead atoms. The summed E-state index contributed by atoms with van der Waals surface area (Å²) >= 11 is 0. The summed E-state index contributed by atoms with van der Waals surface area (Å²) in [7, 11) is 0. The van der Waals surface area contributed by atoms with Gasteiger partial charge in [-0.3, -0.25) is 0 Å². The van der Waals surface area contributed by atoms with Gasteiger partial charge in [0.25, 0.3) is 0 Å². The van der Waals surface area contributed by atoms with E-state index in [9.17, 15) is 5.11 Å². The third-order valence-electron chi connectivity index (χ3n) is 6.09. The van der Waals surface area contributed by atoms with Crippen molar-refractivity contribution in [2.24, 2.45) is 5.92 Å². The van der Waals surface area contributed by atoms with E-state index in [1.165, 1.54) is 88.6 Å². The van der Waals surface area contributed by atoms with E-state index in [4.69, 9.17) is 0 Å². The summed E-state index contributed by atoms with van der Waals surface area (Å²) in [6.45, 7) is 2.28. The minimum Gasteiger partial charge on any atom is -0.505 e. The second-order valence-electron chi connectivity index (χ2n) is 8.16. The van der Waals surface area contributed by atoms with E-state index in [0.29, 0.717) is 11.7 Å². The minimum atomic E-state index is 0.105. The number of hydrogen-bond acceptors (Lipinski definition) is 3. The summed E-state index contributed by atoms with van der Waals surface area (Å²) in [5, 5.41) is 9.32. The van der Waals surface area contributed by atoms with Gasteiger partial charge >= 0.3 is 0 Å². The second-order valence-corrected chi connectivity index (χ2v) is 8.16. The molecule has 3 nitrogen and oxygen atoms in total. The van der Waals surface area contributed by atoms with E-state index < -0.39 is 0 Å². The van der Waals surface area contributed by atoms with Crippen molar-refractivity contribution in [3.63, 3.8) is 0 Å². The van der Waals surface area contributed by atoms with Crippen LogP contribution in [0.4, 0.5) is 0 Å². The Balaban J connectivity index is 1.42. The fourth-order valence-electron chi connectivity index (χ4n) is 4.37. The van der Waals surface area contributed by atoms with E-state index in [-0.39, 0.29) is 5.75 Å². The largest absolute Gasteiger partial charge is 0.505 e. The van der Waals surface area contributed by atoms with Crippen molar-refractivity contribution in [3.05, 3.63) is 42.2 Å². The van der Waals surface area contributed by atoms with Crippen LogP contribution in [0.1, 0.15) is 89.0 Å². The van der Waals surface area contributed by atoms with Gasteiger partial charge in [-0.25, -0.2) is 9.97 Å². The summed E-state index contributed by atoms with van der Waals surface area (Å²) in [6, 6.07) is 8.71. The molecular formula is C24H34N2O. The van der Waals surface area contributed by atoms with Crippen molar-refractivity contribution in [1.82, 2.24) is 9.97 Å². The molecule has 3 heteroatoms. The molecule has 0 radical (unpaired) electrons. The van der Waals surface area contributed by atoms with E-state index in [1.54, 1.807) is 0 Å². The lowest BCUT2D eigenvalue weighted by molar-refractivity contribution is 0.302. The third kappa shape index (κ3) is 6.05. The highest BCUT2D eigenvalue weighted by molar-refractivity contribution is 5.55. The predicted octanol–water partition coefficient (Wildman–Crippen LogP) is 6.87. The van der Waals surface area contributed by atoms with Crippen molar-refractivity contribution in [1.29, 1.82) is 0 Å². The maximum absolute atomic E-state index is 9.32. The van der Waals surface area contributed by atoms with Gasteiger partial charge in [-0.15, -0.1) is 0 Å². The quantitative estimate of drug-likeness (QED) is 0.492. The molecule has 1 aliphatic carbocycles. The van der Waals surface area contributed by atoms with Crippen LogP contribution in [-0.4, -0.2) is 15.1 Å². The number of unbranched alkanes of at least 4 members (excludes halogenated alkanes) is 5. The zero-order valence-electron chi connectivity index (χ0n) is 16.7. The highest BCUT2D eigenvalue weighted by Gasteiger charge is 2.22. The number of hydrogen-bond donors (Lipinski definition) is 1. The van der Waals surface area contributed by atoms with Crippen LogP contribution < -0.4 is 0 Å². The van der Waals surface area contributed by atoms with Crippen LogP contribution in [0.25, 0.3) is 11.4 Å². The van der Waals surface area contributed by atoms with Crippen LogP contribution in [0.3, 0.4) is 0 Å². The van der Waals surface area contributed by atoms with Gasteiger partial charge in [-0.2, -0.15) is 0 Å². The Morgan fingerprint density at radius 1 is 0.852 bits per heavy atom. The number of aromatic nitrogens is 2. The van der Waals surface area contributed by atoms with Crippen LogP contribution in [0.5, 0.6) is 5.75 Å². The zero-order chi connectivity index (χ0) is 18.9. The number of benzene rings is 1. The highest BCUT2D eigenvalue weighted by Crippen LogP contribution is 2.38. The third-order valence-corrected chi connectivity index (χ3v) is 6.09. The van der Waals surface area contributed by atoms with Gasteiger partial charge in [0.1, 0.15) is 0 Å². The van der Waals surface area contributed by atoms with Crippen LogP contribution >= 0.6 is 0 Å². The molecule has 0 saturated heterocycles. The maximum atomic E-state index is 9.32. The summed E-state index contributed by atoms with van der Waals surface area (Å²) in [5.74, 6) is 2.44. The van der Waals surface area contributed by atoms with Gasteiger partial charge in [0.05, 0.1) is 12.4 Å². The van der Waals surface area contributed by atoms with Gasteiger partial charge in [-0.1, -0.05) is 76.1 Å². The van der Waals surface area contributed by atoms with Crippen LogP contribution in [-0.2, 0) is 0 Å². The molecule has 0 amide bonds. The lowest BCUT2D eigenvalue weighted by Gasteiger charge is -2.29. The summed E-state index contributed by atoms with van der Waals surface area (Å²) < 4.78 is 0. The first-order chi connectivity index (χ1) is 13.3. The Bertz CT molecular complexity index is 658. The minimum absolute atomic E-state index is 0.105. The standard InChI is InChI=1S/C24H34N2O/c1-2-3-4-5-6-7-8-19-9-11-20(12-10-19)21-13-15-22(16-14-21)24-25-17-23(27)18-26-24/h13-20,27H,2-12H2,1H3. The summed E-state index contributed by atoms with van der Waals surface area (Å²) in [4.78, 5) is 8.38. The molecular weight excluding hydrogens is 332 g/mol. The molecule has 1 saturated carbocycles. The second kappa shape index (κ2) is 10.4. The van der Waals surface area contributed by atoms with E-state index in [0.717, 1.165) is 11.5 Å². The molecule has 1 N–H and O–H groups in total. The molecule has 1 fully saturated rings. The molecule has 1 aliphatic rings. The number of aromatic hydroxyl groups is 1. The van der Waals surface area contributed by atoms with E-state index >= 15 is 0 Å². The Labute approximate surface area is 164 Å².